The molecule has 0 radical (unpaired) electrons. The Bertz CT molecular complexity index is 2970. The summed E-state index contributed by atoms with van der Waals surface area (Å²) in [4.78, 5) is 57.5. The molecule has 11 nitrogen and oxygen atoms in total. The zero-order valence-electron chi connectivity index (χ0n) is 41.6. The minimum atomic E-state index is -0.448. The van der Waals surface area contributed by atoms with E-state index in [-0.39, 0.29) is 25.8 Å². The Morgan fingerprint density at radius 1 is 0.419 bits per heavy atom. The number of carbonyl (C=O) groups excluding carboxylic acids is 5. The molecule has 0 fully saturated rings. The fourth-order valence-electron chi connectivity index (χ4n) is 6.56. The molecule has 0 saturated carbocycles. The Balaban J connectivity index is 0.000000274. The van der Waals surface area contributed by atoms with E-state index in [2.05, 4.69) is 62.4 Å². The summed E-state index contributed by atoms with van der Waals surface area (Å²) in [5, 5.41) is 0. The lowest BCUT2D eigenvalue weighted by Gasteiger charge is -2.08. The first kappa shape index (κ1) is 55.7. The van der Waals surface area contributed by atoms with Crippen molar-refractivity contribution in [1.82, 2.24) is 0 Å². The summed E-state index contributed by atoms with van der Waals surface area (Å²) in [5.41, 5.74) is 9.50. The van der Waals surface area contributed by atoms with E-state index in [9.17, 15) is 24.0 Å². The van der Waals surface area contributed by atoms with Crippen LogP contribution in [0.5, 0.6) is 17.2 Å². The van der Waals surface area contributed by atoms with Crippen LogP contribution in [0.1, 0.15) is 49.9 Å². The Kier molecular flexibility index (Phi) is 22.4. The van der Waals surface area contributed by atoms with Crippen molar-refractivity contribution in [3.05, 3.63) is 213 Å². The van der Waals surface area contributed by atoms with Crippen molar-refractivity contribution >= 4 is 29.8 Å². The highest BCUT2D eigenvalue weighted by Gasteiger charge is 2.10. The van der Waals surface area contributed by atoms with E-state index in [1.54, 1.807) is 50.2 Å². The second-order valence-electron chi connectivity index (χ2n) is 16.3. The molecule has 6 rings (SSSR count). The Morgan fingerprint density at radius 2 is 0.730 bits per heavy atom. The largest absolute Gasteiger partial charge is 0.493 e. The molecule has 0 unspecified atom stereocenters. The molecule has 0 aliphatic carbocycles. The molecule has 376 valence electrons. The maximum absolute atomic E-state index is 12.3. The number of hydrogen-bond acceptors (Lipinski definition) is 11. The van der Waals surface area contributed by atoms with Crippen LogP contribution in [0, 0.1) is 11.8 Å². The number of rotatable bonds is 22. The van der Waals surface area contributed by atoms with Gasteiger partial charge >= 0.3 is 29.8 Å². The van der Waals surface area contributed by atoms with Gasteiger partial charge in [0.2, 0.25) is 0 Å². The molecule has 0 aromatic heterocycles. The smallest absolute Gasteiger partial charge is 0.338 e. The summed E-state index contributed by atoms with van der Waals surface area (Å²) < 4.78 is 31.3. The highest BCUT2D eigenvalue weighted by atomic mass is 16.5. The molecule has 0 bridgehead atoms. The predicted octanol–water partition coefficient (Wildman–Crippen LogP) is 13.1. The summed E-state index contributed by atoms with van der Waals surface area (Å²) >= 11 is 0. The highest BCUT2D eigenvalue weighted by Crippen LogP contribution is 2.29. The van der Waals surface area contributed by atoms with E-state index in [0.717, 1.165) is 62.4 Å². The van der Waals surface area contributed by atoms with Crippen molar-refractivity contribution in [2.45, 2.75) is 39.5 Å². The van der Waals surface area contributed by atoms with Crippen molar-refractivity contribution in [2.75, 3.05) is 26.4 Å². The molecule has 0 N–H and O–H groups in total. The van der Waals surface area contributed by atoms with E-state index in [0.29, 0.717) is 60.5 Å². The van der Waals surface area contributed by atoms with Crippen LogP contribution in [0.4, 0.5) is 0 Å². The molecule has 11 heteroatoms. The molecule has 0 saturated heterocycles. The quantitative estimate of drug-likeness (QED) is 0.0122. The average molecular weight is 991 g/mol. The maximum Gasteiger partial charge on any atom is 0.338 e. The van der Waals surface area contributed by atoms with E-state index < -0.39 is 23.9 Å². The van der Waals surface area contributed by atoms with Crippen LogP contribution in [-0.2, 0) is 33.4 Å². The van der Waals surface area contributed by atoms with Gasteiger partial charge < -0.3 is 28.4 Å². The van der Waals surface area contributed by atoms with Crippen molar-refractivity contribution in [3.8, 4) is 73.6 Å². The second-order valence-corrected chi connectivity index (χ2v) is 16.3. The number of hydrogen-bond donors (Lipinski definition) is 0. The lowest BCUT2D eigenvalue weighted by molar-refractivity contribution is -0.138. The van der Waals surface area contributed by atoms with Gasteiger partial charge in [-0.25, -0.2) is 24.0 Å². The lowest BCUT2D eigenvalue weighted by Crippen LogP contribution is -2.07. The SMILES string of the molecule is C=CC(=O)OCC/C=C/CCOC(=O)c1ccc(-c2ccc(-c3ccc(OC(=O)C(=C)C)cc3)cc2)cc1.C=CC(=O)OCCC#CCCOc1ccc(-c2ccc(-c3ccc(OC(=O)C(=C)C)cc3)cc2)cc1. The van der Waals surface area contributed by atoms with Gasteiger partial charge in [0, 0.05) is 36.1 Å². The second kappa shape index (κ2) is 29.8. The Morgan fingerprint density at radius 3 is 1.09 bits per heavy atom. The third kappa shape index (κ3) is 18.8. The average Bonchev–Trinajstić information content (AvgIpc) is 3.43. The standard InChI is InChI=1S/C32H30O6.C31H28O5/c1-4-30(33)36-21-7-5-6-8-22-37-32(35)28-15-13-26(14-16-28)24-9-11-25(12-10-24)27-17-19-29(20-18-27)38-31(34)23(2)3;1-4-30(32)35-22-8-6-5-7-21-34-28-17-13-26(14-18-28)24-9-11-25(12-10-24)27-15-19-29(20-16-27)36-31(33)23(2)3/h4-6,9-20H,1-2,7-8,21-22H2,3H3;4,9-20H,1-2,7-8,21-22H2,3H3/b6-5+;. The van der Waals surface area contributed by atoms with E-state index in [1.165, 1.54) is 0 Å². The fourth-order valence-corrected chi connectivity index (χ4v) is 6.56. The molecular formula is C63H58O11. The molecule has 0 aliphatic rings. The van der Waals surface area contributed by atoms with Crippen molar-refractivity contribution in [1.29, 1.82) is 0 Å². The van der Waals surface area contributed by atoms with Gasteiger partial charge in [0.05, 0.1) is 25.4 Å². The molecular weight excluding hydrogens is 933 g/mol. The first-order valence-corrected chi connectivity index (χ1v) is 23.7. The van der Waals surface area contributed by atoms with E-state index >= 15 is 0 Å². The van der Waals surface area contributed by atoms with E-state index in [4.69, 9.17) is 28.4 Å². The predicted molar refractivity (Wildman–Crippen MR) is 289 cm³/mol. The minimum Gasteiger partial charge on any atom is -0.493 e. The highest BCUT2D eigenvalue weighted by molar-refractivity contribution is 5.91. The topological polar surface area (TPSA) is 141 Å². The van der Waals surface area contributed by atoms with Gasteiger partial charge in [-0.15, -0.1) is 0 Å². The van der Waals surface area contributed by atoms with Gasteiger partial charge in [0.25, 0.3) is 0 Å². The van der Waals surface area contributed by atoms with E-state index in [1.807, 2.05) is 97.1 Å². The molecule has 6 aromatic carbocycles. The monoisotopic (exact) mass is 990 g/mol. The van der Waals surface area contributed by atoms with Gasteiger partial charge in [-0.2, -0.15) is 0 Å². The third-order valence-corrected chi connectivity index (χ3v) is 10.5. The summed E-state index contributed by atoms with van der Waals surface area (Å²) in [5.74, 6) is 5.56. The lowest BCUT2D eigenvalue weighted by atomic mass is 9.99. The van der Waals surface area contributed by atoms with Gasteiger partial charge in [-0.1, -0.05) is 147 Å². The summed E-state index contributed by atoms with van der Waals surface area (Å²) in [6.45, 7) is 18.4. The van der Waals surface area contributed by atoms with Crippen LogP contribution < -0.4 is 14.2 Å². The molecule has 6 aromatic rings. The summed E-state index contributed by atoms with van der Waals surface area (Å²) in [6, 6.07) is 46.2. The first-order valence-electron chi connectivity index (χ1n) is 23.7. The van der Waals surface area contributed by atoms with Gasteiger partial charge in [0.1, 0.15) is 23.9 Å². The normalized spacial score (nSPS) is 10.2. The van der Waals surface area contributed by atoms with Crippen LogP contribution in [0.3, 0.4) is 0 Å². The number of esters is 5. The van der Waals surface area contributed by atoms with Crippen LogP contribution in [0.25, 0.3) is 44.5 Å². The molecule has 0 aliphatic heterocycles. The summed E-state index contributed by atoms with van der Waals surface area (Å²) in [6.07, 6.45) is 8.27. The first-order chi connectivity index (χ1) is 35.8. The fraction of sp³-hybridized carbons (Fsp3) is 0.159. The molecule has 74 heavy (non-hydrogen) atoms. The zero-order valence-corrected chi connectivity index (χ0v) is 41.6. The van der Waals surface area contributed by atoms with Crippen LogP contribution in [0.2, 0.25) is 0 Å². The molecule has 0 amide bonds. The van der Waals surface area contributed by atoms with Gasteiger partial charge in [-0.3, -0.25) is 0 Å². The summed E-state index contributed by atoms with van der Waals surface area (Å²) in [7, 11) is 0. The third-order valence-electron chi connectivity index (χ3n) is 10.5. The minimum absolute atomic E-state index is 0.264. The molecule has 0 heterocycles. The van der Waals surface area contributed by atoms with Gasteiger partial charge in [-0.05, 0) is 120 Å². The number of ether oxygens (including phenoxy) is 6. The number of carbonyl (C=O) groups is 5. The van der Waals surface area contributed by atoms with Crippen LogP contribution in [0.15, 0.2) is 207 Å². The number of benzene rings is 6. The molecule has 0 atom stereocenters. The van der Waals surface area contributed by atoms with Crippen molar-refractivity contribution < 1.29 is 52.4 Å². The molecule has 0 spiro atoms. The Labute approximate surface area is 433 Å². The maximum atomic E-state index is 12.3. The van der Waals surface area contributed by atoms with Crippen molar-refractivity contribution in [2.24, 2.45) is 0 Å². The van der Waals surface area contributed by atoms with Crippen LogP contribution in [-0.4, -0.2) is 56.3 Å². The van der Waals surface area contributed by atoms with Crippen molar-refractivity contribution in [3.63, 3.8) is 0 Å². The van der Waals surface area contributed by atoms with Crippen LogP contribution >= 0.6 is 0 Å². The Hall–Kier alpha value is -9.27. The zero-order chi connectivity index (χ0) is 53.1. The van der Waals surface area contributed by atoms with Gasteiger partial charge in [0.15, 0.2) is 0 Å².